The molecule has 1 unspecified atom stereocenters. The van der Waals surface area contributed by atoms with Gasteiger partial charge in [0.1, 0.15) is 5.82 Å². The van der Waals surface area contributed by atoms with Crippen LogP contribution in [0.1, 0.15) is 12.7 Å². The molecule has 0 aromatic carbocycles. The van der Waals surface area contributed by atoms with Crippen molar-refractivity contribution < 1.29 is 13.2 Å². The number of aromatic amines is 1. The molecule has 1 atom stereocenters. The summed E-state index contributed by atoms with van der Waals surface area (Å²) in [6.07, 6.45) is -1.26. The van der Waals surface area contributed by atoms with Gasteiger partial charge in [-0.05, 0) is 0 Å². The van der Waals surface area contributed by atoms with Gasteiger partial charge in [0.2, 0.25) is 0 Å². The Morgan fingerprint density at radius 3 is 2.67 bits per heavy atom. The highest BCUT2D eigenvalue weighted by Gasteiger charge is 2.36. The quantitative estimate of drug-likeness (QED) is 0.738. The zero-order valence-corrected chi connectivity index (χ0v) is 6.52. The number of nitrogens with one attached hydrogen (secondary N) is 1. The summed E-state index contributed by atoms with van der Waals surface area (Å²) in [6.45, 7) is 1.14. The van der Waals surface area contributed by atoms with Gasteiger partial charge in [-0.15, -0.1) is 0 Å². The van der Waals surface area contributed by atoms with Crippen LogP contribution in [0.2, 0.25) is 0 Å². The van der Waals surface area contributed by atoms with E-state index >= 15 is 0 Å². The van der Waals surface area contributed by atoms with Gasteiger partial charge in [-0.25, -0.2) is 4.98 Å². The number of rotatable bonds is 2. The van der Waals surface area contributed by atoms with Crippen molar-refractivity contribution in [2.45, 2.75) is 19.5 Å². The molecule has 0 spiro atoms. The molecular weight excluding hydrogens is 169 g/mol. The fourth-order valence-electron chi connectivity index (χ4n) is 0.815. The van der Waals surface area contributed by atoms with E-state index in [0.717, 1.165) is 6.92 Å². The van der Waals surface area contributed by atoms with E-state index in [1.165, 1.54) is 12.4 Å². The van der Waals surface area contributed by atoms with E-state index in [9.17, 15) is 13.2 Å². The molecule has 0 saturated heterocycles. The molecule has 0 aliphatic rings. The summed E-state index contributed by atoms with van der Waals surface area (Å²) < 4.78 is 36.0. The molecule has 1 aromatic heterocycles. The second-order valence-corrected chi connectivity index (χ2v) is 2.68. The molecule has 0 bridgehead atoms. The Labute approximate surface area is 67.8 Å². The van der Waals surface area contributed by atoms with Crippen molar-refractivity contribution in [3.05, 3.63) is 18.2 Å². The zero-order valence-electron chi connectivity index (χ0n) is 6.52. The largest absolute Gasteiger partial charge is 0.391 e. The number of hydrogen-bond donors (Lipinski definition) is 1. The monoisotopic (exact) mass is 178 g/mol. The van der Waals surface area contributed by atoms with Crippen molar-refractivity contribution in [1.29, 1.82) is 0 Å². The van der Waals surface area contributed by atoms with E-state index in [0.29, 0.717) is 5.82 Å². The lowest BCUT2D eigenvalue weighted by Gasteiger charge is -2.13. The molecule has 0 aliphatic carbocycles. The number of H-pyrrole nitrogens is 1. The normalized spacial score (nSPS) is 14.7. The van der Waals surface area contributed by atoms with Crippen molar-refractivity contribution >= 4 is 0 Å². The van der Waals surface area contributed by atoms with Crippen LogP contribution in [0.3, 0.4) is 0 Å². The lowest BCUT2D eigenvalue weighted by atomic mass is 10.1. The summed E-state index contributed by atoms with van der Waals surface area (Å²) in [5.74, 6) is -0.969. The van der Waals surface area contributed by atoms with Gasteiger partial charge in [-0.1, -0.05) is 6.92 Å². The van der Waals surface area contributed by atoms with Crippen LogP contribution in [0, 0.1) is 5.92 Å². The third-order valence-electron chi connectivity index (χ3n) is 1.61. The molecule has 0 radical (unpaired) electrons. The van der Waals surface area contributed by atoms with E-state index < -0.39 is 12.1 Å². The van der Waals surface area contributed by atoms with Crippen molar-refractivity contribution in [3.63, 3.8) is 0 Å². The molecule has 1 heterocycles. The minimum absolute atomic E-state index is 0.0868. The van der Waals surface area contributed by atoms with Crippen LogP contribution in [0.25, 0.3) is 0 Å². The molecule has 2 nitrogen and oxygen atoms in total. The first kappa shape index (κ1) is 9.09. The topological polar surface area (TPSA) is 28.7 Å². The van der Waals surface area contributed by atoms with E-state index in [-0.39, 0.29) is 6.42 Å². The maximum absolute atomic E-state index is 12.0. The second kappa shape index (κ2) is 3.16. The van der Waals surface area contributed by atoms with E-state index in [1.54, 1.807) is 0 Å². The number of hydrogen-bond acceptors (Lipinski definition) is 1. The molecule has 68 valence electrons. The molecule has 1 N–H and O–H groups in total. The van der Waals surface area contributed by atoms with Crippen LogP contribution in [-0.2, 0) is 6.42 Å². The highest BCUT2D eigenvalue weighted by molar-refractivity contribution is 4.89. The number of nitrogens with zero attached hydrogens (tertiary/aromatic N) is 1. The van der Waals surface area contributed by atoms with Crippen molar-refractivity contribution in [2.24, 2.45) is 5.92 Å². The first-order valence-electron chi connectivity index (χ1n) is 3.55. The Morgan fingerprint density at radius 2 is 2.25 bits per heavy atom. The van der Waals surface area contributed by atoms with Crippen LogP contribution >= 0.6 is 0 Å². The summed E-state index contributed by atoms with van der Waals surface area (Å²) in [5, 5.41) is 0. The molecule has 12 heavy (non-hydrogen) atoms. The molecule has 0 saturated carbocycles. The lowest BCUT2D eigenvalue weighted by Crippen LogP contribution is -2.22. The number of aromatic nitrogens is 2. The molecule has 1 aromatic rings. The maximum Gasteiger partial charge on any atom is 0.391 e. The Balaban J connectivity index is 2.53. The maximum atomic E-state index is 12.0. The minimum atomic E-state index is -4.13. The van der Waals surface area contributed by atoms with Gasteiger partial charge in [-0.3, -0.25) is 0 Å². The Hall–Kier alpha value is -1.00. The highest BCUT2D eigenvalue weighted by Crippen LogP contribution is 2.27. The van der Waals surface area contributed by atoms with Crippen molar-refractivity contribution in [1.82, 2.24) is 9.97 Å². The van der Waals surface area contributed by atoms with Crippen molar-refractivity contribution in [2.75, 3.05) is 0 Å². The molecule has 0 fully saturated rings. The Kier molecular flexibility index (Phi) is 2.40. The molecule has 5 heteroatoms. The fourth-order valence-corrected chi connectivity index (χ4v) is 0.815. The van der Waals surface area contributed by atoms with Gasteiger partial charge in [0, 0.05) is 18.8 Å². The fraction of sp³-hybridized carbons (Fsp3) is 0.571. The third kappa shape index (κ3) is 2.25. The number of alkyl halides is 3. The Bertz CT molecular complexity index is 227. The number of imidazole rings is 1. The summed E-state index contributed by atoms with van der Waals surface area (Å²) in [4.78, 5) is 6.34. The molecular formula is C7H9F3N2. The van der Waals surface area contributed by atoms with E-state index in [4.69, 9.17) is 0 Å². The summed E-state index contributed by atoms with van der Waals surface area (Å²) in [7, 11) is 0. The predicted octanol–water partition coefficient (Wildman–Crippen LogP) is 2.15. The van der Waals surface area contributed by atoms with Crippen LogP contribution in [0.4, 0.5) is 13.2 Å². The van der Waals surface area contributed by atoms with Crippen LogP contribution < -0.4 is 0 Å². The van der Waals surface area contributed by atoms with Gasteiger partial charge in [0.25, 0.3) is 0 Å². The molecule has 0 aliphatic heterocycles. The SMILES string of the molecule is CC(Cc1ncc[nH]1)C(F)(F)F. The standard InChI is InChI=1S/C7H9F3N2/c1-5(7(8,9)10)4-6-11-2-3-12-6/h2-3,5H,4H2,1H3,(H,11,12). The van der Waals surface area contributed by atoms with Crippen LogP contribution in [0.15, 0.2) is 12.4 Å². The Morgan fingerprint density at radius 1 is 1.58 bits per heavy atom. The van der Waals surface area contributed by atoms with Gasteiger partial charge < -0.3 is 4.98 Å². The summed E-state index contributed by atoms with van der Waals surface area (Å²) in [5.41, 5.74) is 0. The predicted molar refractivity (Wildman–Crippen MR) is 37.5 cm³/mol. The number of halogens is 3. The summed E-state index contributed by atoms with van der Waals surface area (Å²) >= 11 is 0. The zero-order chi connectivity index (χ0) is 9.19. The second-order valence-electron chi connectivity index (χ2n) is 2.68. The lowest BCUT2D eigenvalue weighted by molar-refractivity contribution is -0.169. The van der Waals surface area contributed by atoms with Gasteiger partial charge in [-0.2, -0.15) is 13.2 Å². The average molecular weight is 178 g/mol. The first-order chi connectivity index (χ1) is 5.50. The van der Waals surface area contributed by atoms with Crippen LogP contribution in [-0.4, -0.2) is 16.1 Å². The molecule has 1 rings (SSSR count). The van der Waals surface area contributed by atoms with E-state index in [2.05, 4.69) is 9.97 Å². The average Bonchev–Trinajstić information content (AvgIpc) is 2.37. The van der Waals surface area contributed by atoms with Gasteiger partial charge in [0.15, 0.2) is 0 Å². The highest BCUT2D eigenvalue weighted by atomic mass is 19.4. The van der Waals surface area contributed by atoms with E-state index in [1.807, 2.05) is 0 Å². The van der Waals surface area contributed by atoms with Crippen LogP contribution in [0.5, 0.6) is 0 Å². The first-order valence-corrected chi connectivity index (χ1v) is 3.55. The third-order valence-corrected chi connectivity index (χ3v) is 1.61. The van der Waals surface area contributed by atoms with Gasteiger partial charge in [0.05, 0.1) is 5.92 Å². The van der Waals surface area contributed by atoms with Gasteiger partial charge >= 0.3 is 6.18 Å². The van der Waals surface area contributed by atoms with Crippen molar-refractivity contribution in [3.8, 4) is 0 Å². The molecule has 0 amide bonds. The summed E-state index contributed by atoms with van der Waals surface area (Å²) in [6, 6.07) is 0. The minimum Gasteiger partial charge on any atom is -0.349 e. The smallest absolute Gasteiger partial charge is 0.349 e.